The SMILES string of the molecule is CC1CCCC(O)(CNC(=O)Cc2ccccn2)C1. The summed E-state index contributed by atoms with van der Waals surface area (Å²) in [5.74, 6) is 0.455. The molecule has 0 saturated heterocycles. The highest BCUT2D eigenvalue weighted by Crippen LogP contribution is 2.31. The second-order valence-electron chi connectivity index (χ2n) is 5.70. The summed E-state index contributed by atoms with van der Waals surface area (Å²) in [6.07, 6.45) is 5.71. The molecule has 1 aliphatic rings. The lowest BCUT2D eigenvalue weighted by Gasteiger charge is -2.35. The fourth-order valence-corrected chi connectivity index (χ4v) is 2.79. The van der Waals surface area contributed by atoms with Crippen molar-refractivity contribution in [3.8, 4) is 0 Å². The molecule has 1 saturated carbocycles. The number of aliphatic hydroxyl groups is 1. The number of hydrogen-bond donors (Lipinski definition) is 2. The summed E-state index contributed by atoms with van der Waals surface area (Å²) < 4.78 is 0. The molecular formula is C15H22N2O2. The van der Waals surface area contributed by atoms with E-state index in [-0.39, 0.29) is 12.3 Å². The van der Waals surface area contributed by atoms with Gasteiger partial charge in [-0.15, -0.1) is 0 Å². The first-order valence-electron chi connectivity index (χ1n) is 6.96. The van der Waals surface area contributed by atoms with Crippen molar-refractivity contribution in [3.05, 3.63) is 30.1 Å². The minimum absolute atomic E-state index is 0.0784. The van der Waals surface area contributed by atoms with Crippen molar-refractivity contribution < 1.29 is 9.90 Å². The average molecular weight is 262 g/mol. The first-order chi connectivity index (χ1) is 9.07. The molecule has 19 heavy (non-hydrogen) atoms. The highest BCUT2D eigenvalue weighted by molar-refractivity contribution is 5.78. The number of rotatable bonds is 4. The number of pyridine rings is 1. The van der Waals surface area contributed by atoms with E-state index in [2.05, 4.69) is 17.2 Å². The molecule has 1 fully saturated rings. The molecule has 1 aromatic heterocycles. The van der Waals surface area contributed by atoms with E-state index in [4.69, 9.17) is 0 Å². The first-order valence-corrected chi connectivity index (χ1v) is 6.96. The van der Waals surface area contributed by atoms with Gasteiger partial charge in [-0.2, -0.15) is 0 Å². The molecule has 2 N–H and O–H groups in total. The van der Waals surface area contributed by atoms with E-state index in [0.717, 1.165) is 25.0 Å². The van der Waals surface area contributed by atoms with E-state index in [0.29, 0.717) is 12.5 Å². The molecule has 0 aliphatic heterocycles. The Bertz CT molecular complexity index is 421. The van der Waals surface area contributed by atoms with Crippen LogP contribution < -0.4 is 5.32 Å². The lowest BCUT2D eigenvalue weighted by molar-refractivity contribution is -0.122. The molecule has 0 bridgehead atoms. The molecule has 0 aromatic carbocycles. The number of carbonyl (C=O) groups is 1. The third kappa shape index (κ3) is 4.31. The zero-order valence-electron chi connectivity index (χ0n) is 11.4. The summed E-state index contributed by atoms with van der Waals surface area (Å²) in [4.78, 5) is 15.9. The molecule has 1 amide bonds. The number of amides is 1. The van der Waals surface area contributed by atoms with Crippen LogP contribution in [0.3, 0.4) is 0 Å². The molecular weight excluding hydrogens is 240 g/mol. The van der Waals surface area contributed by atoms with E-state index in [1.165, 1.54) is 6.42 Å². The number of aromatic nitrogens is 1. The Kier molecular flexibility index (Phi) is 4.53. The molecule has 2 unspecified atom stereocenters. The van der Waals surface area contributed by atoms with Gasteiger partial charge in [0.1, 0.15) is 0 Å². The van der Waals surface area contributed by atoms with Crippen molar-refractivity contribution in [2.24, 2.45) is 5.92 Å². The van der Waals surface area contributed by atoms with Gasteiger partial charge in [0.25, 0.3) is 0 Å². The van der Waals surface area contributed by atoms with Crippen molar-refractivity contribution >= 4 is 5.91 Å². The van der Waals surface area contributed by atoms with E-state index >= 15 is 0 Å². The van der Waals surface area contributed by atoms with Gasteiger partial charge in [0, 0.05) is 18.4 Å². The molecule has 4 heteroatoms. The summed E-state index contributed by atoms with van der Waals surface area (Å²) in [5.41, 5.74) is 0.0289. The Labute approximate surface area is 114 Å². The van der Waals surface area contributed by atoms with Crippen molar-refractivity contribution in [2.45, 2.75) is 44.6 Å². The standard InChI is InChI=1S/C15H22N2O2/c1-12-5-4-7-15(19,10-12)11-17-14(18)9-13-6-2-3-8-16-13/h2-3,6,8,12,19H,4-5,7,9-11H2,1H3,(H,17,18). The Morgan fingerprint density at radius 1 is 1.58 bits per heavy atom. The van der Waals surface area contributed by atoms with E-state index < -0.39 is 5.60 Å². The Hall–Kier alpha value is -1.42. The molecule has 2 atom stereocenters. The van der Waals surface area contributed by atoms with Gasteiger partial charge in [0.15, 0.2) is 0 Å². The molecule has 0 radical (unpaired) electrons. The zero-order chi connectivity index (χ0) is 13.7. The summed E-state index contributed by atoms with van der Waals surface area (Å²) in [6.45, 7) is 2.50. The molecule has 2 rings (SSSR count). The maximum Gasteiger partial charge on any atom is 0.226 e. The van der Waals surface area contributed by atoms with Gasteiger partial charge in [-0.05, 0) is 30.9 Å². The largest absolute Gasteiger partial charge is 0.388 e. The monoisotopic (exact) mass is 262 g/mol. The molecule has 1 aliphatic carbocycles. The summed E-state index contributed by atoms with van der Waals surface area (Å²) in [7, 11) is 0. The van der Waals surface area contributed by atoms with E-state index in [9.17, 15) is 9.90 Å². The van der Waals surface area contributed by atoms with Crippen LogP contribution in [-0.4, -0.2) is 28.1 Å². The lowest BCUT2D eigenvalue weighted by Crippen LogP contribution is -2.46. The van der Waals surface area contributed by atoms with Crippen molar-refractivity contribution in [1.29, 1.82) is 0 Å². The van der Waals surface area contributed by atoms with Crippen LogP contribution in [0.2, 0.25) is 0 Å². The van der Waals surface area contributed by atoms with Crippen LogP contribution in [0.15, 0.2) is 24.4 Å². The molecule has 4 nitrogen and oxygen atoms in total. The van der Waals surface area contributed by atoms with Gasteiger partial charge in [-0.3, -0.25) is 9.78 Å². The van der Waals surface area contributed by atoms with Gasteiger partial charge in [0.05, 0.1) is 12.0 Å². The van der Waals surface area contributed by atoms with Gasteiger partial charge in [0.2, 0.25) is 5.91 Å². The maximum atomic E-state index is 11.8. The third-order valence-electron chi connectivity index (χ3n) is 3.75. The number of nitrogens with zero attached hydrogens (tertiary/aromatic N) is 1. The second-order valence-corrected chi connectivity index (χ2v) is 5.70. The van der Waals surface area contributed by atoms with Crippen LogP contribution in [-0.2, 0) is 11.2 Å². The highest BCUT2D eigenvalue weighted by atomic mass is 16.3. The third-order valence-corrected chi connectivity index (χ3v) is 3.75. The van der Waals surface area contributed by atoms with Crippen LogP contribution in [0.4, 0.5) is 0 Å². The summed E-state index contributed by atoms with van der Waals surface area (Å²) in [5, 5.41) is 13.3. The van der Waals surface area contributed by atoms with Gasteiger partial charge in [-0.1, -0.05) is 25.8 Å². The summed E-state index contributed by atoms with van der Waals surface area (Å²) in [6, 6.07) is 5.52. The smallest absolute Gasteiger partial charge is 0.226 e. The van der Waals surface area contributed by atoms with Crippen LogP contribution >= 0.6 is 0 Å². The number of carbonyl (C=O) groups excluding carboxylic acids is 1. The fraction of sp³-hybridized carbons (Fsp3) is 0.600. The minimum Gasteiger partial charge on any atom is -0.388 e. The molecule has 1 aromatic rings. The first kappa shape index (κ1) is 14.0. The normalized spacial score (nSPS) is 26.9. The Balaban J connectivity index is 1.80. The quantitative estimate of drug-likeness (QED) is 0.868. The number of hydrogen-bond acceptors (Lipinski definition) is 3. The Morgan fingerprint density at radius 2 is 2.42 bits per heavy atom. The number of nitrogens with one attached hydrogen (secondary N) is 1. The predicted molar refractivity (Wildman–Crippen MR) is 73.5 cm³/mol. The molecule has 1 heterocycles. The van der Waals surface area contributed by atoms with E-state index in [1.54, 1.807) is 6.20 Å². The minimum atomic E-state index is -0.725. The van der Waals surface area contributed by atoms with Gasteiger partial charge < -0.3 is 10.4 Å². The van der Waals surface area contributed by atoms with Gasteiger partial charge in [-0.25, -0.2) is 0 Å². The van der Waals surface area contributed by atoms with E-state index in [1.807, 2.05) is 18.2 Å². The fourth-order valence-electron chi connectivity index (χ4n) is 2.79. The van der Waals surface area contributed by atoms with Crippen molar-refractivity contribution in [1.82, 2.24) is 10.3 Å². The average Bonchev–Trinajstić information content (AvgIpc) is 2.38. The predicted octanol–water partition coefficient (Wildman–Crippen LogP) is 1.68. The molecule has 0 spiro atoms. The second kappa shape index (κ2) is 6.15. The van der Waals surface area contributed by atoms with Crippen molar-refractivity contribution in [3.63, 3.8) is 0 Å². The topological polar surface area (TPSA) is 62.2 Å². The van der Waals surface area contributed by atoms with Crippen LogP contribution in [0.25, 0.3) is 0 Å². The van der Waals surface area contributed by atoms with Gasteiger partial charge >= 0.3 is 0 Å². The Morgan fingerprint density at radius 3 is 3.11 bits per heavy atom. The summed E-state index contributed by atoms with van der Waals surface area (Å²) >= 11 is 0. The lowest BCUT2D eigenvalue weighted by atomic mass is 9.79. The van der Waals surface area contributed by atoms with Crippen LogP contribution in [0, 0.1) is 5.92 Å². The highest BCUT2D eigenvalue weighted by Gasteiger charge is 2.32. The van der Waals surface area contributed by atoms with Crippen LogP contribution in [0.5, 0.6) is 0 Å². The molecule has 104 valence electrons. The van der Waals surface area contributed by atoms with Crippen LogP contribution in [0.1, 0.15) is 38.3 Å². The zero-order valence-corrected chi connectivity index (χ0v) is 11.4. The van der Waals surface area contributed by atoms with Crippen molar-refractivity contribution in [2.75, 3.05) is 6.54 Å². The maximum absolute atomic E-state index is 11.8.